The lowest BCUT2D eigenvalue weighted by molar-refractivity contribution is -0.122. The summed E-state index contributed by atoms with van der Waals surface area (Å²) in [5, 5.41) is 3.53. The molecule has 5 heteroatoms. The van der Waals surface area contributed by atoms with E-state index in [1.165, 1.54) is 0 Å². The molecule has 2 aromatic rings. The number of carbonyl (C=O) groups excluding carboxylic acids is 1. The van der Waals surface area contributed by atoms with Gasteiger partial charge in [0, 0.05) is 0 Å². The third-order valence-electron chi connectivity index (χ3n) is 3.24. The Morgan fingerprint density at radius 3 is 2.36 bits per heavy atom. The summed E-state index contributed by atoms with van der Waals surface area (Å²) >= 11 is 12.1. The number of aryl methyl sites for hydroxylation is 1. The van der Waals surface area contributed by atoms with Gasteiger partial charge in [-0.05, 0) is 37.1 Å². The summed E-state index contributed by atoms with van der Waals surface area (Å²) < 4.78 is 5.81. The predicted octanol–water partition coefficient (Wildman–Crippen LogP) is 5.10. The Hall–Kier alpha value is -1.71. The lowest BCUT2D eigenvalue weighted by atomic mass is 10.2. The number of amides is 1. The van der Waals surface area contributed by atoms with Gasteiger partial charge in [0.1, 0.15) is 5.75 Å². The summed E-state index contributed by atoms with van der Waals surface area (Å²) in [6.45, 7) is 3.82. The molecule has 0 saturated heterocycles. The maximum atomic E-state index is 12.4. The van der Waals surface area contributed by atoms with E-state index in [2.05, 4.69) is 5.32 Å². The lowest BCUT2D eigenvalue weighted by Gasteiger charge is -2.19. The molecule has 2 rings (SSSR count). The first-order valence-electron chi connectivity index (χ1n) is 7.00. The zero-order valence-electron chi connectivity index (χ0n) is 12.4. The van der Waals surface area contributed by atoms with Crippen molar-refractivity contribution in [3.8, 4) is 5.75 Å². The van der Waals surface area contributed by atoms with E-state index in [1.807, 2.05) is 38.1 Å². The summed E-state index contributed by atoms with van der Waals surface area (Å²) in [4.78, 5) is 12.4. The number of halogens is 2. The number of anilines is 1. The molecule has 0 fully saturated rings. The molecule has 0 saturated carbocycles. The number of carbonyl (C=O) groups is 1. The number of nitrogens with one attached hydrogen (secondary N) is 1. The Bertz CT molecular complexity index is 653. The highest BCUT2D eigenvalue weighted by atomic mass is 35.5. The zero-order chi connectivity index (χ0) is 16.1. The zero-order valence-corrected chi connectivity index (χ0v) is 13.9. The number of hydrogen-bond donors (Lipinski definition) is 1. The fourth-order valence-electron chi connectivity index (χ4n) is 1.99. The van der Waals surface area contributed by atoms with E-state index >= 15 is 0 Å². The van der Waals surface area contributed by atoms with Gasteiger partial charge >= 0.3 is 0 Å². The van der Waals surface area contributed by atoms with Gasteiger partial charge in [-0.2, -0.15) is 0 Å². The van der Waals surface area contributed by atoms with Crippen LogP contribution in [0.25, 0.3) is 0 Å². The highest BCUT2D eigenvalue weighted by Crippen LogP contribution is 2.30. The molecule has 3 nitrogen and oxygen atoms in total. The van der Waals surface area contributed by atoms with Crippen LogP contribution in [0.2, 0.25) is 10.0 Å². The first kappa shape index (κ1) is 16.7. The van der Waals surface area contributed by atoms with Crippen LogP contribution < -0.4 is 10.1 Å². The van der Waals surface area contributed by atoms with Gasteiger partial charge in [-0.15, -0.1) is 0 Å². The van der Waals surface area contributed by atoms with Crippen LogP contribution in [0.5, 0.6) is 5.75 Å². The molecule has 0 aromatic heterocycles. The highest BCUT2D eigenvalue weighted by molar-refractivity contribution is 6.39. The SMILES string of the molecule is CCC(Oc1ccccc1C)C(=O)Nc1c(Cl)cccc1Cl. The van der Waals surface area contributed by atoms with Gasteiger partial charge in [0.25, 0.3) is 5.91 Å². The molecule has 0 aliphatic carbocycles. The smallest absolute Gasteiger partial charge is 0.265 e. The number of benzene rings is 2. The van der Waals surface area contributed by atoms with Crippen molar-refractivity contribution in [1.29, 1.82) is 0 Å². The maximum absolute atomic E-state index is 12.4. The quantitative estimate of drug-likeness (QED) is 0.824. The van der Waals surface area contributed by atoms with Crippen molar-refractivity contribution in [2.45, 2.75) is 26.4 Å². The van der Waals surface area contributed by atoms with Crippen LogP contribution in [0.1, 0.15) is 18.9 Å². The van der Waals surface area contributed by atoms with Crippen molar-refractivity contribution < 1.29 is 9.53 Å². The number of para-hydroxylation sites is 2. The summed E-state index contributed by atoms with van der Waals surface area (Å²) in [6.07, 6.45) is -0.0872. The Kier molecular flexibility index (Phi) is 5.69. The van der Waals surface area contributed by atoms with Gasteiger partial charge in [-0.3, -0.25) is 4.79 Å². The molecule has 0 aliphatic heterocycles. The molecule has 0 heterocycles. The van der Waals surface area contributed by atoms with Gasteiger partial charge in [0.05, 0.1) is 15.7 Å². The molecular weight excluding hydrogens is 321 g/mol. The standard InChI is InChI=1S/C17H17Cl2NO2/c1-3-14(22-15-10-5-4-7-11(15)2)17(21)20-16-12(18)8-6-9-13(16)19/h4-10,14H,3H2,1-2H3,(H,20,21). The Labute approximate surface area is 140 Å². The van der Waals surface area contributed by atoms with Crippen molar-refractivity contribution >= 4 is 34.8 Å². The van der Waals surface area contributed by atoms with E-state index in [4.69, 9.17) is 27.9 Å². The minimum Gasteiger partial charge on any atom is -0.480 e. The number of ether oxygens (including phenoxy) is 1. The molecule has 1 N–H and O–H groups in total. The van der Waals surface area contributed by atoms with Crippen LogP contribution in [0, 0.1) is 6.92 Å². The van der Waals surface area contributed by atoms with Gasteiger partial charge in [-0.1, -0.05) is 54.4 Å². The molecule has 1 atom stereocenters. The molecule has 2 aromatic carbocycles. The second-order valence-electron chi connectivity index (χ2n) is 4.87. The molecule has 0 radical (unpaired) electrons. The predicted molar refractivity (Wildman–Crippen MR) is 91.0 cm³/mol. The summed E-state index contributed by atoms with van der Waals surface area (Å²) in [7, 11) is 0. The fourth-order valence-corrected chi connectivity index (χ4v) is 2.48. The van der Waals surface area contributed by atoms with Gasteiger partial charge in [0.15, 0.2) is 6.10 Å². The average Bonchev–Trinajstić information content (AvgIpc) is 2.50. The first-order chi connectivity index (χ1) is 10.5. The van der Waals surface area contributed by atoms with Crippen LogP contribution >= 0.6 is 23.2 Å². The van der Waals surface area contributed by atoms with Crippen LogP contribution in [0.15, 0.2) is 42.5 Å². The van der Waals surface area contributed by atoms with Crippen molar-refractivity contribution in [2.75, 3.05) is 5.32 Å². The monoisotopic (exact) mass is 337 g/mol. The van der Waals surface area contributed by atoms with E-state index in [0.717, 1.165) is 5.56 Å². The van der Waals surface area contributed by atoms with Gasteiger partial charge < -0.3 is 10.1 Å². The number of rotatable bonds is 5. The minimum absolute atomic E-state index is 0.277. The van der Waals surface area contributed by atoms with Crippen molar-refractivity contribution in [3.05, 3.63) is 58.1 Å². The third kappa shape index (κ3) is 3.93. The van der Waals surface area contributed by atoms with E-state index < -0.39 is 6.10 Å². The second kappa shape index (κ2) is 7.52. The van der Waals surface area contributed by atoms with Crippen molar-refractivity contribution in [2.24, 2.45) is 0 Å². The highest BCUT2D eigenvalue weighted by Gasteiger charge is 2.21. The van der Waals surface area contributed by atoms with Gasteiger partial charge in [0.2, 0.25) is 0 Å². The van der Waals surface area contributed by atoms with E-state index in [9.17, 15) is 4.79 Å². The Balaban J connectivity index is 2.14. The second-order valence-corrected chi connectivity index (χ2v) is 5.68. The van der Waals surface area contributed by atoms with Crippen LogP contribution in [0.4, 0.5) is 5.69 Å². The molecule has 0 aliphatic rings. The van der Waals surface area contributed by atoms with Crippen molar-refractivity contribution in [1.82, 2.24) is 0 Å². The molecule has 1 amide bonds. The first-order valence-corrected chi connectivity index (χ1v) is 7.75. The summed E-state index contributed by atoms with van der Waals surface area (Å²) in [5.41, 5.74) is 1.38. The topological polar surface area (TPSA) is 38.3 Å². The number of hydrogen-bond acceptors (Lipinski definition) is 2. The fraction of sp³-hybridized carbons (Fsp3) is 0.235. The van der Waals surface area contributed by atoms with E-state index in [1.54, 1.807) is 18.2 Å². The largest absolute Gasteiger partial charge is 0.480 e. The molecular formula is C17H17Cl2NO2. The van der Waals surface area contributed by atoms with Crippen LogP contribution in [-0.2, 0) is 4.79 Å². The van der Waals surface area contributed by atoms with Crippen LogP contribution in [-0.4, -0.2) is 12.0 Å². The Morgan fingerprint density at radius 2 is 1.77 bits per heavy atom. The van der Waals surface area contributed by atoms with Gasteiger partial charge in [-0.25, -0.2) is 0 Å². The van der Waals surface area contributed by atoms with Crippen molar-refractivity contribution in [3.63, 3.8) is 0 Å². The lowest BCUT2D eigenvalue weighted by Crippen LogP contribution is -2.32. The molecule has 0 spiro atoms. The maximum Gasteiger partial charge on any atom is 0.265 e. The molecule has 1 unspecified atom stereocenters. The summed E-state index contributed by atoms with van der Waals surface area (Å²) in [5.74, 6) is 0.413. The summed E-state index contributed by atoms with van der Waals surface area (Å²) in [6, 6.07) is 12.6. The normalized spacial score (nSPS) is 11.8. The van der Waals surface area contributed by atoms with E-state index in [-0.39, 0.29) is 5.91 Å². The Morgan fingerprint density at radius 1 is 1.14 bits per heavy atom. The van der Waals surface area contributed by atoms with E-state index in [0.29, 0.717) is 27.9 Å². The third-order valence-corrected chi connectivity index (χ3v) is 3.87. The molecule has 116 valence electrons. The molecule has 22 heavy (non-hydrogen) atoms. The minimum atomic E-state index is -0.617. The molecule has 0 bridgehead atoms. The van der Waals surface area contributed by atoms with Crippen LogP contribution in [0.3, 0.4) is 0 Å². The average molecular weight is 338 g/mol.